The minimum atomic E-state index is 0.526. The van der Waals surface area contributed by atoms with Crippen molar-refractivity contribution in [2.24, 2.45) is 17.3 Å². The normalized spacial score (nSPS) is 15.5. The molecule has 0 rings (SSSR count). The summed E-state index contributed by atoms with van der Waals surface area (Å²) in [7, 11) is 0. The molecule has 0 bridgehead atoms. The molecule has 0 amide bonds. The predicted molar refractivity (Wildman–Crippen MR) is 88.7 cm³/mol. The van der Waals surface area contributed by atoms with Gasteiger partial charge in [-0.3, -0.25) is 0 Å². The van der Waals surface area contributed by atoms with Gasteiger partial charge in [-0.25, -0.2) is 0 Å². The summed E-state index contributed by atoms with van der Waals surface area (Å²) in [4.78, 5) is 2.65. The molecule has 1 nitrogen and oxygen atoms in total. The van der Waals surface area contributed by atoms with E-state index < -0.39 is 0 Å². The molecular weight excluding hydrogens is 230 g/mol. The summed E-state index contributed by atoms with van der Waals surface area (Å²) in [5.74, 6) is 1.61. The Morgan fingerprint density at radius 3 is 1.79 bits per heavy atom. The van der Waals surface area contributed by atoms with Crippen LogP contribution in [0.2, 0.25) is 0 Å². The number of hydrogen-bond acceptors (Lipinski definition) is 1. The third-order valence-electron chi connectivity index (χ3n) is 4.57. The third-order valence-corrected chi connectivity index (χ3v) is 4.57. The Hall–Kier alpha value is -0.0400. The van der Waals surface area contributed by atoms with Gasteiger partial charge in [0, 0.05) is 0 Å². The highest BCUT2D eigenvalue weighted by atomic mass is 15.1. The van der Waals surface area contributed by atoms with E-state index in [2.05, 4.69) is 53.4 Å². The molecule has 0 aliphatic heterocycles. The van der Waals surface area contributed by atoms with E-state index in [1.165, 1.54) is 51.7 Å². The zero-order chi connectivity index (χ0) is 14.9. The Kier molecular flexibility index (Phi) is 9.78. The molecule has 0 saturated heterocycles. The molecule has 1 heteroatoms. The molecule has 0 spiro atoms. The molecule has 1 atom stereocenters. The van der Waals surface area contributed by atoms with Crippen LogP contribution in [0.4, 0.5) is 0 Å². The molecule has 0 aromatic heterocycles. The van der Waals surface area contributed by atoms with Gasteiger partial charge in [-0.15, -0.1) is 0 Å². The van der Waals surface area contributed by atoms with Gasteiger partial charge in [0.2, 0.25) is 0 Å². The summed E-state index contributed by atoms with van der Waals surface area (Å²) < 4.78 is 0. The molecule has 0 aromatic rings. The number of nitrogens with zero attached hydrogens (tertiary/aromatic N) is 1. The van der Waals surface area contributed by atoms with Crippen molar-refractivity contribution in [3.8, 4) is 0 Å². The van der Waals surface area contributed by atoms with Crippen molar-refractivity contribution in [3.05, 3.63) is 0 Å². The van der Waals surface area contributed by atoms with Crippen LogP contribution in [0.3, 0.4) is 0 Å². The third kappa shape index (κ3) is 7.97. The molecule has 19 heavy (non-hydrogen) atoms. The SMILES string of the molecule is CCCN(CCC)CCCC(C)(CC(C)C)C(C)C. The topological polar surface area (TPSA) is 3.24 Å². The van der Waals surface area contributed by atoms with Crippen molar-refractivity contribution in [3.63, 3.8) is 0 Å². The molecule has 0 aliphatic carbocycles. The number of hydrogen-bond donors (Lipinski definition) is 0. The maximum absolute atomic E-state index is 2.65. The maximum Gasteiger partial charge on any atom is -0.00185 e. The van der Waals surface area contributed by atoms with Gasteiger partial charge in [0.25, 0.3) is 0 Å². The molecule has 0 fully saturated rings. The van der Waals surface area contributed by atoms with Crippen LogP contribution in [0.15, 0.2) is 0 Å². The average Bonchev–Trinajstić information content (AvgIpc) is 2.28. The van der Waals surface area contributed by atoms with E-state index in [-0.39, 0.29) is 0 Å². The van der Waals surface area contributed by atoms with Crippen molar-refractivity contribution in [1.82, 2.24) is 4.90 Å². The Balaban J connectivity index is 4.23. The number of rotatable bonds is 11. The van der Waals surface area contributed by atoms with Gasteiger partial charge in [-0.2, -0.15) is 0 Å². The fourth-order valence-corrected chi connectivity index (χ4v) is 3.23. The van der Waals surface area contributed by atoms with Crippen LogP contribution in [0.5, 0.6) is 0 Å². The van der Waals surface area contributed by atoms with Gasteiger partial charge < -0.3 is 4.90 Å². The first kappa shape index (κ1) is 19.0. The van der Waals surface area contributed by atoms with Crippen molar-refractivity contribution in [2.75, 3.05) is 19.6 Å². The Morgan fingerprint density at radius 1 is 0.895 bits per heavy atom. The summed E-state index contributed by atoms with van der Waals surface area (Å²) in [6.07, 6.45) is 6.68. The van der Waals surface area contributed by atoms with Crippen molar-refractivity contribution < 1.29 is 0 Å². The summed E-state index contributed by atoms with van der Waals surface area (Å²) in [5.41, 5.74) is 0.526. The lowest BCUT2D eigenvalue weighted by Crippen LogP contribution is -2.30. The minimum absolute atomic E-state index is 0.526. The van der Waals surface area contributed by atoms with E-state index in [1.54, 1.807) is 0 Å². The highest BCUT2D eigenvalue weighted by molar-refractivity contribution is 4.79. The Bertz CT molecular complexity index is 204. The van der Waals surface area contributed by atoms with E-state index >= 15 is 0 Å². The smallest absolute Gasteiger partial charge is 0.00185 e. The van der Waals surface area contributed by atoms with Gasteiger partial charge in [-0.1, -0.05) is 48.5 Å². The minimum Gasteiger partial charge on any atom is -0.303 e. The Morgan fingerprint density at radius 2 is 1.42 bits per heavy atom. The second-order valence-electron chi connectivity index (χ2n) is 7.35. The second kappa shape index (κ2) is 9.80. The fourth-order valence-electron chi connectivity index (χ4n) is 3.23. The van der Waals surface area contributed by atoms with Gasteiger partial charge in [0.05, 0.1) is 0 Å². The lowest BCUT2D eigenvalue weighted by atomic mass is 9.70. The predicted octanol–water partition coefficient (Wildman–Crippen LogP) is 5.60. The summed E-state index contributed by atoms with van der Waals surface area (Å²) >= 11 is 0. The summed E-state index contributed by atoms with van der Waals surface area (Å²) in [6, 6.07) is 0. The first-order valence-electron chi connectivity index (χ1n) is 8.58. The quantitative estimate of drug-likeness (QED) is 0.472. The average molecular weight is 270 g/mol. The van der Waals surface area contributed by atoms with Gasteiger partial charge in [-0.05, 0) is 69.0 Å². The van der Waals surface area contributed by atoms with Gasteiger partial charge >= 0.3 is 0 Å². The monoisotopic (exact) mass is 269 g/mol. The lowest BCUT2D eigenvalue weighted by molar-refractivity contribution is 0.142. The molecule has 0 heterocycles. The summed E-state index contributed by atoms with van der Waals surface area (Å²) in [6.45, 7) is 20.5. The van der Waals surface area contributed by atoms with E-state index in [0.29, 0.717) is 5.41 Å². The van der Waals surface area contributed by atoms with Crippen LogP contribution >= 0.6 is 0 Å². The zero-order valence-electron chi connectivity index (χ0n) is 14.8. The first-order valence-corrected chi connectivity index (χ1v) is 8.58. The molecule has 0 N–H and O–H groups in total. The van der Waals surface area contributed by atoms with Crippen LogP contribution in [0.25, 0.3) is 0 Å². The molecule has 116 valence electrons. The molecule has 0 aromatic carbocycles. The zero-order valence-corrected chi connectivity index (χ0v) is 14.8. The van der Waals surface area contributed by atoms with E-state index in [4.69, 9.17) is 0 Å². The van der Waals surface area contributed by atoms with Crippen molar-refractivity contribution in [1.29, 1.82) is 0 Å². The standard InChI is InChI=1S/C18H39N/c1-8-12-19(13-9-2)14-10-11-18(7,17(5)6)15-16(3)4/h16-17H,8-15H2,1-7H3. The van der Waals surface area contributed by atoms with Crippen LogP contribution in [-0.4, -0.2) is 24.5 Å². The lowest BCUT2D eigenvalue weighted by Gasteiger charge is -2.36. The second-order valence-corrected chi connectivity index (χ2v) is 7.35. The van der Waals surface area contributed by atoms with E-state index in [9.17, 15) is 0 Å². The largest absolute Gasteiger partial charge is 0.303 e. The van der Waals surface area contributed by atoms with Crippen molar-refractivity contribution in [2.45, 2.75) is 80.6 Å². The Labute approximate surface area is 123 Å². The molecular formula is C18H39N. The van der Waals surface area contributed by atoms with Crippen LogP contribution < -0.4 is 0 Å². The first-order chi connectivity index (χ1) is 8.85. The molecule has 0 radical (unpaired) electrons. The van der Waals surface area contributed by atoms with E-state index in [1.807, 2.05) is 0 Å². The van der Waals surface area contributed by atoms with E-state index in [0.717, 1.165) is 11.8 Å². The van der Waals surface area contributed by atoms with Crippen molar-refractivity contribution >= 4 is 0 Å². The van der Waals surface area contributed by atoms with Crippen LogP contribution in [0.1, 0.15) is 80.6 Å². The molecule has 0 aliphatic rings. The fraction of sp³-hybridized carbons (Fsp3) is 1.00. The van der Waals surface area contributed by atoms with Crippen LogP contribution in [0, 0.1) is 17.3 Å². The van der Waals surface area contributed by atoms with Gasteiger partial charge in [0.1, 0.15) is 0 Å². The molecule has 1 unspecified atom stereocenters. The maximum atomic E-state index is 2.65. The van der Waals surface area contributed by atoms with Gasteiger partial charge in [0.15, 0.2) is 0 Å². The molecule has 0 saturated carbocycles. The highest BCUT2D eigenvalue weighted by Crippen LogP contribution is 2.38. The summed E-state index contributed by atoms with van der Waals surface area (Å²) in [5, 5.41) is 0. The van der Waals surface area contributed by atoms with Crippen LogP contribution in [-0.2, 0) is 0 Å². The highest BCUT2D eigenvalue weighted by Gasteiger charge is 2.28.